The molecule has 132 valence electrons. The Morgan fingerprint density at radius 3 is 3.00 bits per heavy atom. The van der Waals surface area contributed by atoms with Crippen LogP contribution in [-0.2, 0) is 4.74 Å². The van der Waals surface area contributed by atoms with Crippen molar-refractivity contribution in [3.05, 3.63) is 30.5 Å². The summed E-state index contributed by atoms with van der Waals surface area (Å²) in [6.07, 6.45) is 11.0. The fraction of sp³-hybridized carbons (Fsp3) is 0.579. The van der Waals surface area contributed by atoms with Gasteiger partial charge in [-0.2, -0.15) is 0 Å². The number of hydrogen-bond donors (Lipinski definition) is 1. The van der Waals surface area contributed by atoms with Gasteiger partial charge in [0.2, 0.25) is 0 Å². The first kappa shape index (κ1) is 15.3. The molecular formula is C19H25N5O. The zero-order valence-corrected chi connectivity index (χ0v) is 14.7. The SMILES string of the molecule is C[C@@H]1CCN(C2CCCCO2)C[C@@H]1c1ncc2cnc3[nH]ccc3n12. The highest BCUT2D eigenvalue weighted by Gasteiger charge is 2.34. The van der Waals surface area contributed by atoms with Gasteiger partial charge in [0, 0.05) is 31.8 Å². The maximum atomic E-state index is 6.05. The van der Waals surface area contributed by atoms with Crippen molar-refractivity contribution in [3.63, 3.8) is 0 Å². The molecule has 0 bridgehead atoms. The largest absolute Gasteiger partial charge is 0.363 e. The van der Waals surface area contributed by atoms with E-state index in [4.69, 9.17) is 9.72 Å². The summed E-state index contributed by atoms with van der Waals surface area (Å²) >= 11 is 0. The van der Waals surface area contributed by atoms with Gasteiger partial charge in [0.25, 0.3) is 0 Å². The zero-order chi connectivity index (χ0) is 16.8. The second-order valence-corrected chi connectivity index (χ2v) is 7.54. The third-order valence-electron chi connectivity index (χ3n) is 5.97. The lowest BCUT2D eigenvalue weighted by Gasteiger charge is -2.41. The second-order valence-electron chi connectivity index (χ2n) is 7.54. The number of imidazole rings is 1. The lowest BCUT2D eigenvalue weighted by molar-refractivity contribution is -0.0990. The van der Waals surface area contributed by atoms with E-state index in [0.717, 1.165) is 48.6 Å². The number of fused-ring (bicyclic) bond motifs is 3. The molecule has 5 heterocycles. The molecule has 2 aliphatic heterocycles. The highest BCUT2D eigenvalue weighted by Crippen LogP contribution is 2.34. The predicted octanol–water partition coefficient (Wildman–Crippen LogP) is 3.16. The van der Waals surface area contributed by atoms with E-state index in [0.29, 0.717) is 18.1 Å². The van der Waals surface area contributed by atoms with Crippen molar-refractivity contribution in [1.82, 2.24) is 24.3 Å². The van der Waals surface area contributed by atoms with Gasteiger partial charge in [-0.25, -0.2) is 9.97 Å². The minimum absolute atomic E-state index is 0.295. The number of rotatable bonds is 2. The number of aromatic amines is 1. The highest BCUT2D eigenvalue weighted by atomic mass is 16.5. The number of ether oxygens (including phenoxy) is 1. The molecule has 5 rings (SSSR count). The second kappa shape index (κ2) is 6.11. The summed E-state index contributed by atoms with van der Waals surface area (Å²) in [5.41, 5.74) is 3.10. The number of nitrogens with zero attached hydrogens (tertiary/aromatic N) is 4. The van der Waals surface area contributed by atoms with Gasteiger partial charge in [-0.3, -0.25) is 9.30 Å². The molecule has 25 heavy (non-hydrogen) atoms. The number of likely N-dealkylation sites (tertiary alicyclic amines) is 1. The third-order valence-corrected chi connectivity index (χ3v) is 5.97. The first-order valence-corrected chi connectivity index (χ1v) is 9.46. The fourth-order valence-electron chi connectivity index (χ4n) is 4.47. The summed E-state index contributed by atoms with van der Waals surface area (Å²) in [4.78, 5) is 15.1. The molecule has 3 aromatic heterocycles. The van der Waals surface area contributed by atoms with Crippen LogP contribution in [-0.4, -0.2) is 50.2 Å². The van der Waals surface area contributed by atoms with Crippen LogP contribution in [0, 0.1) is 5.92 Å². The molecule has 3 aromatic rings. The van der Waals surface area contributed by atoms with Crippen LogP contribution < -0.4 is 0 Å². The number of aromatic nitrogens is 4. The molecule has 1 unspecified atom stereocenters. The van der Waals surface area contributed by atoms with Crippen molar-refractivity contribution in [2.45, 2.75) is 44.8 Å². The van der Waals surface area contributed by atoms with E-state index in [1.165, 1.54) is 19.3 Å². The van der Waals surface area contributed by atoms with Gasteiger partial charge in [0.1, 0.15) is 12.1 Å². The maximum absolute atomic E-state index is 6.05. The molecule has 0 amide bonds. The topological polar surface area (TPSA) is 58.5 Å². The molecule has 0 spiro atoms. The molecule has 2 aliphatic rings. The lowest BCUT2D eigenvalue weighted by Crippen LogP contribution is -2.47. The van der Waals surface area contributed by atoms with E-state index in [-0.39, 0.29) is 0 Å². The minimum atomic E-state index is 0.295. The van der Waals surface area contributed by atoms with E-state index in [2.05, 4.69) is 32.3 Å². The highest BCUT2D eigenvalue weighted by molar-refractivity contribution is 5.75. The van der Waals surface area contributed by atoms with Crippen LogP contribution in [0.4, 0.5) is 0 Å². The zero-order valence-electron chi connectivity index (χ0n) is 14.7. The average molecular weight is 339 g/mol. The Hall–Kier alpha value is -1.92. The van der Waals surface area contributed by atoms with Crippen LogP contribution in [0.5, 0.6) is 0 Å². The molecule has 6 nitrogen and oxygen atoms in total. The van der Waals surface area contributed by atoms with Crippen molar-refractivity contribution in [2.75, 3.05) is 19.7 Å². The van der Waals surface area contributed by atoms with Gasteiger partial charge in [-0.05, 0) is 37.7 Å². The Morgan fingerprint density at radius 2 is 2.12 bits per heavy atom. The summed E-state index contributed by atoms with van der Waals surface area (Å²) in [6, 6.07) is 2.09. The molecular weight excluding hydrogens is 314 g/mol. The maximum Gasteiger partial charge on any atom is 0.154 e. The Bertz CT molecular complexity index is 878. The van der Waals surface area contributed by atoms with E-state index < -0.39 is 0 Å². The molecule has 0 aromatic carbocycles. The first-order valence-electron chi connectivity index (χ1n) is 9.46. The van der Waals surface area contributed by atoms with Gasteiger partial charge in [0.15, 0.2) is 5.65 Å². The smallest absolute Gasteiger partial charge is 0.154 e. The Morgan fingerprint density at radius 1 is 1.20 bits per heavy atom. The molecule has 0 aliphatic carbocycles. The average Bonchev–Trinajstić information content (AvgIpc) is 3.29. The Balaban J connectivity index is 1.52. The van der Waals surface area contributed by atoms with E-state index >= 15 is 0 Å². The molecule has 6 heteroatoms. The molecule has 2 fully saturated rings. The van der Waals surface area contributed by atoms with E-state index in [9.17, 15) is 0 Å². The van der Waals surface area contributed by atoms with Crippen molar-refractivity contribution < 1.29 is 4.74 Å². The first-order chi connectivity index (χ1) is 12.3. The van der Waals surface area contributed by atoms with Crippen molar-refractivity contribution >= 4 is 16.7 Å². The van der Waals surface area contributed by atoms with Crippen molar-refractivity contribution in [2.24, 2.45) is 5.92 Å². The predicted molar refractivity (Wildman–Crippen MR) is 96.5 cm³/mol. The summed E-state index contributed by atoms with van der Waals surface area (Å²) < 4.78 is 8.33. The monoisotopic (exact) mass is 339 g/mol. The van der Waals surface area contributed by atoms with Crippen LogP contribution in [0.3, 0.4) is 0 Å². The van der Waals surface area contributed by atoms with Crippen molar-refractivity contribution in [1.29, 1.82) is 0 Å². The summed E-state index contributed by atoms with van der Waals surface area (Å²) in [5, 5.41) is 0. The van der Waals surface area contributed by atoms with Gasteiger partial charge in [0.05, 0.1) is 23.4 Å². The molecule has 0 saturated carbocycles. The number of piperidine rings is 1. The van der Waals surface area contributed by atoms with Crippen LogP contribution >= 0.6 is 0 Å². The van der Waals surface area contributed by atoms with Crippen LogP contribution in [0.25, 0.3) is 16.7 Å². The normalized spacial score (nSPS) is 28.8. The quantitative estimate of drug-likeness (QED) is 0.779. The van der Waals surface area contributed by atoms with Crippen LogP contribution in [0.15, 0.2) is 24.7 Å². The van der Waals surface area contributed by atoms with E-state index in [1.54, 1.807) is 0 Å². The number of hydrogen-bond acceptors (Lipinski definition) is 4. The summed E-state index contributed by atoms with van der Waals surface area (Å²) in [5.74, 6) is 2.20. The van der Waals surface area contributed by atoms with Gasteiger partial charge in [-0.1, -0.05) is 6.92 Å². The van der Waals surface area contributed by atoms with Crippen molar-refractivity contribution in [3.8, 4) is 0 Å². The molecule has 2 saturated heterocycles. The Kier molecular flexibility index (Phi) is 3.75. The van der Waals surface area contributed by atoms with Gasteiger partial charge in [-0.15, -0.1) is 0 Å². The third kappa shape index (κ3) is 2.55. The van der Waals surface area contributed by atoms with Crippen LogP contribution in [0.1, 0.15) is 44.3 Å². The molecule has 3 atom stereocenters. The minimum Gasteiger partial charge on any atom is -0.363 e. The van der Waals surface area contributed by atoms with E-state index in [1.807, 2.05) is 18.6 Å². The van der Waals surface area contributed by atoms with Gasteiger partial charge < -0.3 is 9.72 Å². The van der Waals surface area contributed by atoms with Crippen LogP contribution in [0.2, 0.25) is 0 Å². The molecule has 1 N–H and O–H groups in total. The van der Waals surface area contributed by atoms with Gasteiger partial charge >= 0.3 is 0 Å². The lowest BCUT2D eigenvalue weighted by atomic mass is 9.86. The Labute approximate surface area is 147 Å². The summed E-state index contributed by atoms with van der Waals surface area (Å²) in [6.45, 7) is 5.43. The summed E-state index contributed by atoms with van der Waals surface area (Å²) in [7, 11) is 0. The molecule has 0 radical (unpaired) electrons. The number of H-pyrrole nitrogens is 1. The number of nitrogens with one attached hydrogen (secondary N) is 1. The standard InChI is InChI=1S/C19H25N5O/c1-13-6-8-23(17-4-2-3-9-25-17)12-15(13)19-22-11-14-10-21-18-16(24(14)19)5-7-20-18/h5,7,10-11,13,15,17,20H,2-4,6,8-9,12H2,1H3/t13-,15+,17?/m1/s1. The fourth-order valence-corrected chi connectivity index (χ4v) is 4.47.